The van der Waals surface area contributed by atoms with Gasteiger partial charge >= 0.3 is 0 Å². The number of nitrogens with zero attached hydrogens (tertiary/aromatic N) is 2. The third-order valence-corrected chi connectivity index (χ3v) is 2.66. The molecule has 0 aliphatic heterocycles. The Balaban J connectivity index is 2.10. The summed E-state index contributed by atoms with van der Waals surface area (Å²) in [6.45, 7) is 4.17. The summed E-state index contributed by atoms with van der Waals surface area (Å²) in [6, 6.07) is 1.50. The molecule has 2 rings (SSSR count). The molecule has 0 saturated heterocycles. The van der Waals surface area contributed by atoms with E-state index in [2.05, 4.69) is 10.4 Å². The lowest BCUT2D eigenvalue weighted by atomic mass is 10.2. The molecule has 6 heteroatoms. The molecular weight excluding hydrogens is 255 g/mol. The molecule has 0 radical (unpaired) electrons. The van der Waals surface area contributed by atoms with E-state index in [9.17, 15) is 13.2 Å². The molecule has 0 spiro atoms. The summed E-state index contributed by atoms with van der Waals surface area (Å²) in [4.78, 5) is 0. The minimum absolute atomic E-state index is 0.214. The van der Waals surface area contributed by atoms with Crippen LogP contribution < -0.4 is 5.32 Å². The number of hydrogen-bond donors (Lipinski definition) is 1. The lowest BCUT2D eigenvalue weighted by Crippen LogP contribution is -2.04. The zero-order chi connectivity index (χ0) is 14.0. The normalized spacial score (nSPS) is 11.1. The van der Waals surface area contributed by atoms with Gasteiger partial charge in [-0.2, -0.15) is 5.10 Å². The van der Waals surface area contributed by atoms with E-state index in [0.717, 1.165) is 5.56 Å². The largest absolute Gasteiger partial charge is 0.376 e. The predicted octanol–water partition coefficient (Wildman–Crippen LogP) is 3.49. The maximum absolute atomic E-state index is 13.4. The first-order valence-corrected chi connectivity index (χ1v) is 5.89. The molecule has 102 valence electrons. The summed E-state index contributed by atoms with van der Waals surface area (Å²) in [5.41, 5.74) is 0.454. The molecular formula is C13H14F3N3. The van der Waals surface area contributed by atoms with Crippen LogP contribution in [-0.4, -0.2) is 9.78 Å². The third-order valence-electron chi connectivity index (χ3n) is 2.66. The van der Waals surface area contributed by atoms with Gasteiger partial charge in [0.05, 0.1) is 6.20 Å². The monoisotopic (exact) mass is 269 g/mol. The van der Waals surface area contributed by atoms with Crippen molar-refractivity contribution in [1.29, 1.82) is 0 Å². The Morgan fingerprint density at radius 2 is 1.84 bits per heavy atom. The lowest BCUT2D eigenvalue weighted by Gasteiger charge is -2.08. The minimum Gasteiger partial charge on any atom is -0.376 e. The highest BCUT2D eigenvalue weighted by atomic mass is 19.1. The third kappa shape index (κ3) is 3.07. The molecule has 3 nitrogen and oxygen atoms in total. The van der Waals surface area contributed by atoms with Crippen LogP contribution in [0.4, 0.5) is 18.9 Å². The van der Waals surface area contributed by atoms with Gasteiger partial charge in [0.25, 0.3) is 0 Å². The summed E-state index contributed by atoms with van der Waals surface area (Å²) in [5, 5.41) is 6.72. The molecule has 0 aliphatic rings. The van der Waals surface area contributed by atoms with E-state index in [1.807, 2.05) is 13.8 Å². The van der Waals surface area contributed by atoms with Crippen LogP contribution in [0.25, 0.3) is 0 Å². The summed E-state index contributed by atoms with van der Waals surface area (Å²) >= 11 is 0. The fraction of sp³-hybridized carbons (Fsp3) is 0.308. The molecule has 0 aliphatic carbocycles. The highest BCUT2D eigenvalue weighted by molar-refractivity contribution is 5.46. The van der Waals surface area contributed by atoms with E-state index in [-0.39, 0.29) is 18.3 Å². The van der Waals surface area contributed by atoms with E-state index in [1.54, 1.807) is 17.1 Å². The van der Waals surface area contributed by atoms with Crippen LogP contribution in [-0.2, 0) is 6.54 Å². The van der Waals surface area contributed by atoms with Crippen molar-refractivity contribution >= 4 is 5.69 Å². The van der Waals surface area contributed by atoms with Crippen molar-refractivity contribution in [2.75, 3.05) is 5.32 Å². The molecule has 1 heterocycles. The maximum Gasteiger partial charge on any atom is 0.152 e. The van der Waals surface area contributed by atoms with Gasteiger partial charge in [0.15, 0.2) is 11.6 Å². The molecule has 0 unspecified atom stereocenters. The van der Waals surface area contributed by atoms with Gasteiger partial charge in [0, 0.05) is 36.5 Å². The predicted molar refractivity (Wildman–Crippen MR) is 66.3 cm³/mol. The Bertz CT molecular complexity index is 555. The summed E-state index contributed by atoms with van der Waals surface area (Å²) in [5.74, 6) is -2.84. The highest BCUT2D eigenvalue weighted by Gasteiger charge is 2.11. The van der Waals surface area contributed by atoms with E-state index in [4.69, 9.17) is 0 Å². The van der Waals surface area contributed by atoms with Crippen LogP contribution in [0.15, 0.2) is 24.5 Å². The molecule has 1 aromatic heterocycles. The van der Waals surface area contributed by atoms with Gasteiger partial charge in [0.1, 0.15) is 11.5 Å². The van der Waals surface area contributed by atoms with Gasteiger partial charge in [-0.05, 0) is 13.8 Å². The van der Waals surface area contributed by atoms with Crippen molar-refractivity contribution < 1.29 is 13.2 Å². The zero-order valence-corrected chi connectivity index (χ0v) is 10.6. The zero-order valence-electron chi connectivity index (χ0n) is 10.6. The van der Waals surface area contributed by atoms with E-state index in [1.165, 1.54) is 0 Å². The second-order valence-corrected chi connectivity index (χ2v) is 4.52. The average molecular weight is 269 g/mol. The topological polar surface area (TPSA) is 29.9 Å². The summed E-state index contributed by atoms with van der Waals surface area (Å²) in [6.07, 6.45) is 3.41. The molecule has 0 fully saturated rings. The Hall–Kier alpha value is -1.98. The van der Waals surface area contributed by atoms with Gasteiger partial charge < -0.3 is 5.32 Å². The Kier molecular flexibility index (Phi) is 3.78. The van der Waals surface area contributed by atoms with E-state index in [0.29, 0.717) is 12.1 Å². The number of rotatable bonds is 4. The van der Waals surface area contributed by atoms with E-state index < -0.39 is 17.5 Å². The van der Waals surface area contributed by atoms with Crippen LogP contribution in [0.2, 0.25) is 0 Å². The fourth-order valence-electron chi connectivity index (χ4n) is 1.65. The van der Waals surface area contributed by atoms with Gasteiger partial charge in [-0.3, -0.25) is 4.68 Å². The number of nitrogens with one attached hydrogen (secondary N) is 1. The molecule has 19 heavy (non-hydrogen) atoms. The number of halogens is 3. The smallest absolute Gasteiger partial charge is 0.152 e. The quantitative estimate of drug-likeness (QED) is 0.920. The van der Waals surface area contributed by atoms with Crippen LogP contribution in [0.5, 0.6) is 0 Å². The second-order valence-electron chi connectivity index (χ2n) is 4.52. The first-order chi connectivity index (χ1) is 8.97. The molecule has 1 aromatic carbocycles. The lowest BCUT2D eigenvalue weighted by molar-refractivity contribution is 0.532. The van der Waals surface area contributed by atoms with Crippen molar-refractivity contribution in [3.63, 3.8) is 0 Å². The molecule has 0 bridgehead atoms. The van der Waals surface area contributed by atoms with Gasteiger partial charge in [0.2, 0.25) is 0 Å². The maximum atomic E-state index is 13.4. The molecule has 0 saturated carbocycles. The van der Waals surface area contributed by atoms with E-state index >= 15 is 0 Å². The Morgan fingerprint density at radius 1 is 1.21 bits per heavy atom. The first-order valence-electron chi connectivity index (χ1n) is 5.89. The summed E-state index contributed by atoms with van der Waals surface area (Å²) in [7, 11) is 0. The molecule has 1 N–H and O–H groups in total. The standard InChI is InChI=1S/C13H14F3N3/c1-8(2)19-7-9(6-18-19)5-17-13-11(15)3-10(14)4-12(13)16/h3-4,6-8,17H,5H2,1-2H3. The SMILES string of the molecule is CC(C)n1cc(CNc2c(F)cc(F)cc2F)cn1. The fourth-order valence-corrected chi connectivity index (χ4v) is 1.65. The molecule has 0 amide bonds. The average Bonchev–Trinajstić information content (AvgIpc) is 2.76. The number of aromatic nitrogens is 2. The van der Waals surface area contributed by atoms with Crippen LogP contribution in [0.3, 0.4) is 0 Å². The first kappa shape index (κ1) is 13.5. The van der Waals surface area contributed by atoms with Crippen molar-refractivity contribution in [2.24, 2.45) is 0 Å². The van der Waals surface area contributed by atoms with Gasteiger partial charge in [-0.15, -0.1) is 0 Å². The van der Waals surface area contributed by atoms with Crippen LogP contribution >= 0.6 is 0 Å². The van der Waals surface area contributed by atoms with Gasteiger partial charge in [-0.25, -0.2) is 13.2 Å². The number of anilines is 1. The Labute approximate surface area is 109 Å². The van der Waals surface area contributed by atoms with Crippen LogP contribution in [0, 0.1) is 17.5 Å². The van der Waals surface area contributed by atoms with Crippen molar-refractivity contribution in [3.05, 3.63) is 47.5 Å². The highest BCUT2D eigenvalue weighted by Crippen LogP contribution is 2.20. The van der Waals surface area contributed by atoms with Crippen molar-refractivity contribution in [3.8, 4) is 0 Å². The summed E-state index contributed by atoms with van der Waals surface area (Å²) < 4.78 is 41.3. The Morgan fingerprint density at radius 3 is 2.37 bits per heavy atom. The molecule has 0 atom stereocenters. The minimum atomic E-state index is -0.950. The number of benzene rings is 1. The molecule has 2 aromatic rings. The van der Waals surface area contributed by atoms with Crippen molar-refractivity contribution in [2.45, 2.75) is 26.4 Å². The number of hydrogen-bond acceptors (Lipinski definition) is 2. The second kappa shape index (κ2) is 5.34. The van der Waals surface area contributed by atoms with Crippen molar-refractivity contribution in [1.82, 2.24) is 9.78 Å². The van der Waals surface area contributed by atoms with Gasteiger partial charge in [-0.1, -0.05) is 0 Å². The van der Waals surface area contributed by atoms with Crippen LogP contribution in [0.1, 0.15) is 25.5 Å².